The van der Waals surface area contributed by atoms with Crippen LogP contribution < -0.4 is 15.4 Å². The van der Waals surface area contributed by atoms with E-state index < -0.39 is 11.8 Å². The largest absolute Gasteiger partial charge is 0.507 e. The van der Waals surface area contributed by atoms with Crippen LogP contribution >= 0.6 is 31.9 Å². The molecule has 3 aromatic rings. The van der Waals surface area contributed by atoms with Gasteiger partial charge in [-0.25, -0.2) is 0 Å². The predicted molar refractivity (Wildman–Crippen MR) is 123 cm³/mol. The monoisotopic (exact) mass is 547 g/mol. The Balaban J connectivity index is 1.82. The number of benzene rings is 3. The van der Waals surface area contributed by atoms with Gasteiger partial charge in [-0.3, -0.25) is 9.59 Å². The lowest BCUT2D eigenvalue weighted by Crippen LogP contribution is -2.12. The Labute approximate surface area is 193 Å². The molecular formula is C21H15Br2N3O5. The summed E-state index contributed by atoms with van der Waals surface area (Å²) in [4.78, 5) is 24.1. The van der Waals surface area contributed by atoms with Gasteiger partial charge in [0.2, 0.25) is 0 Å². The van der Waals surface area contributed by atoms with Crippen molar-refractivity contribution >= 4 is 61.3 Å². The molecule has 0 heterocycles. The number of para-hydroxylation sites is 1. The van der Waals surface area contributed by atoms with E-state index in [1.807, 2.05) is 6.07 Å². The summed E-state index contributed by atoms with van der Waals surface area (Å²) in [5.41, 5.74) is 1.05. The molecule has 0 aromatic heterocycles. The second-order valence-corrected chi connectivity index (χ2v) is 7.81. The standard InChI is InChI=1S/C21H15Br2N3O5/c22-16-8-13(25-19(28)11-24-30)9-17(23)20(16)31-14-6-7-18(27)15(10-14)21(29)26-12-4-2-1-3-5-12/h1-11,27,30H,(H,25,28)(H,26,29)/b24-11+. The van der Waals surface area contributed by atoms with Crippen LogP contribution in [0.25, 0.3) is 0 Å². The molecular weight excluding hydrogens is 534 g/mol. The highest BCUT2D eigenvalue weighted by atomic mass is 79.9. The molecule has 0 radical (unpaired) electrons. The average Bonchev–Trinajstić information content (AvgIpc) is 2.72. The third kappa shape index (κ3) is 5.83. The summed E-state index contributed by atoms with van der Waals surface area (Å²) in [6, 6.07) is 16.3. The Hall–Kier alpha value is -3.37. The minimum Gasteiger partial charge on any atom is -0.507 e. The number of anilines is 2. The number of nitrogens with zero attached hydrogens (tertiary/aromatic N) is 1. The molecule has 2 amide bonds. The van der Waals surface area contributed by atoms with Gasteiger partial charge in [0, 0.05) is 11.4 Å². The molecule has 0 spiro atoms. The molecule has 0 unspecified atom stereocenters. The second kappa shape index (κ2) is 10.1. The molecule has 4 N–H and O–H groups in total. The van der Waals surface area contributed by atoms with E-state index in [1.165, 1.54) is 18.2 Å². The Morgan fingerprint density at radius 1 is 0.935 bits per heavy atom. The highest BCUT2D eigenvalue weighted by molar-refractivity contribution is 9.11. The van der Waals surface area contributed by atoms with Crippen molar-refractivity contribution < 1.29 is 24.6 Å². The van der Waals surface area contributed by atoms with Gasteiger partial charge in [0.25, 0.3) is 11.8 Å². The molecule has 0 atom stereocenters. The molecule has 3 rings (SSSR count). The molecule has 0 bridgehead atoms. The minimum atomic E-state index is -0.609. The van der Waals surface area contributed by atoms with Crippen LogP contribution in [0.2, 0.25) is 0 Å². The van der Waals surface area contributed by atoms with Gasteiger partial charge in [0.1, 0.15) is 17.7 Å². The summed E-state index contributed by atoms with van der Waals surface area (Å²) >= 11 is 6.75. The topological polar surface area (TPSA) is 120 Å². The number of amides is 2. The van der Waals surface area contributed by atoms with Crippen molar-refractivity contribution in [3.8, 4) is 17.2 Å². The first kappa shape index (κ1) is 22.3. The number of halogens is 2. The first-order chi connectivity index (χ1) is 14.9. The summed E-state index contributed by atoms with van der Waals surface area (Å²) in [6.45, 7) is 0. The molecule has 0 fully saturated rings. The quantitative estimate of drug-likeness (QED) is 0.188. The summed E-state index contributed by atoms with van der Waals surface area (Å²) < 4.78 is 6.88. The third-order valence-electron chi connectivity index (χ3n) is 3.91. The molecule has 158 valence electrons. The van der Waals surface area contributed by atoms with Crippen LogP contribution in [0.5, 0.6) is 17.2 Å². The average molecular weight is 549 g/mol. The summed E-state index contributed by atoms with van der Waals surface area (Å²) in [7, 11) is 0. The second-order valence-electron chi connectivity index (χ2n) is 6.10. The highest BCUT2D eigenvalue weighted by Crippen LogP contribution is 2.40. The van der Waals surface area contributed by atoms with E-state index in [2.05, 4.69) is 47.6 Å². The van der Waals surface area contributed by atoms with E-state index in [0.29, 0.717) is 31.8 Å². The molecule has 0 aliphatic heterocycles. The highest BCUT2D eigenvalue weighted by Gasteiger charge is 2.16. The summed E-state index contributed by atoms with van der Waals surface area (Å²) in [6.07, 6.45) is 0.727. The lowest BCUT2D eigenvalue weighted by Gasteiger charge is -2.14. The number of carbonyl (C=O) groups is 2. The zero-order valence-electron chi connectivity index (χ0n) is 15.7. The van der Waals surface area contributed by atoms with Gasteiger partial charge in [0.15, 0.2) is 5.75 Å². The van der Waals surface area contributed by atoms with Crippen LogP contribution in [-0.2, 0) is 4.79 Å². The predicted octanol–water partition coefficient (Wildman–Crippen LogP) is 5.36. The normalized spacial score (nSPS) is 10.6. The number of phenols is 1. The van der Waals surface area contributed by atoms with E-state index >= 15 is 0 Å². The van der Waals surface area contributed by atoms with Crippen molar-refractivity contribution in [3.05, 3.63) is 75.2 Å². The van der Waals surface area contributed by atoms with E-state index in [-0.39, 0.29) is 11.3 Å². The molecule has 8 nitrogen and oxygen atoms in total. The van der Waals surface area contributed by atoms with Crippen molar-refractivity contribution in [2.75, 3.05) is 10.6 Å². The van der Waals surface area contributed by atoms with Gasteiger partial charge in [-0.05, 0) is 74.3 Å². The van der Waals surface area contributed by atoms with Gasteiger partial charge in [-0.1, -0.05) is 23.4 Å². The van der Waals surface area contributed by atoms with Crippen LogP contribution in [0.4, 0.5) is 11.4 Å². The smallest absolute Gasteiger partial charge is 0.270 e. The van der Waals surface area contributed by atoms with Gasteiger partial charge >= 0.3 is 0 Å². The third-order valence-corrected chi connectivity index (χ3v) is 5.08. The van der Waals surface area contributed by atoms with Crippen LogP contribution in [0.15, 0.2) is 74.8 Å². The van der Waals surface area contributed by atoms with Crippen molar-refractivity contribution in [2.45, 2.75) is 0 Å². The Morgan fingerprint density at radius 3 is 2.26 bits per heavy atom. The number of rotatable bonds is 6. The number of phenolic OH excluding ortho intramolecular Hbond substituents is 1. The SMILES string of the molecule is O=C(/C=N/O)Nc1cc(Br)c(Oc2ccc(O)c(C(=O)Nc3ccccc3)c2)c(Br)c1. The fourth-order valence-corrected chi connectivity index (χ4v) is 3.90. The maximum atomic E-state index is 12.6. The number of carbonyl (C=O) groups excluding carboxylic acids is 2. The van der Waals surface area contributed by atoms with Gasteiger partial charge in [0.05, 0.1) is 14.5 Å². The zero-order chi connectivity index (χ0) is 22.4. The first-order valence-corrected chi connectivity index (χ1v) is 10.3. The Morgan fingerprint density at radius 2 is 1.61 bits per heavy atom. The first-order valence-electron chi connectivity index (χ1n) is 8.72. The number of hydrogen-bond acceptors (Lipinski definition) is 6. The maximum Gasteiger partial charge on any atom is 0.270 e. The van der Waals surface area contributed by atoms with Crippen molar-refractivity contribution in [3.63, 3.8) is 0 Å². The number of ether oxygens (including phenoxy) is 1. The summed E-state index contributed by atoms with van der Waals surface area (Å²) in [5.74, 6) is -0.600. The number of oxime groups is 1. The van der Waals surface area contributed by atoms with Crippen molar-refractivity contribution in [2.24, 2.45) is 5.16 Å². The van der Waals surface area contributed by atoms with E-state index in [9.17, 15) is 14.7 Å². The van der Waals surface area contributed by atoms with Crippen LogP contribution in [0.3, 0.4) is 0 Å². The Kier molecular flexibility index (Phi) is 7.27. The fourth-order valence-electron chi connectivity index (χ4n) is 2.55. The van der Waals surface area contributed by atoms with Gasteiger partial charge in [-0.15, -0.1) is 0 Å². The zero-order valence-corrected chi connectivity index (χ0v) is 18.8. The molecule has 0 saturated heterocycles. The molecule has 0 aliphatic carbocycles. The van der Waals surface area contributed by atoms with Gasteiger partial charge < -0.3 is 25.7 Å². The van der Waals surface area contributed by atoms with E-state index in [0.717, 1.165) is 6.21 Å². The number of hydrogen-bond donors (Lipinski definition) is 4. The van der Waals surface area contributed by atoms with Gasteiger partial charge in [-0.2, -0.15) is 0 Å². The Bertz CT molecular complexity index is 1130. The molecule has 0 aliphatic rings. The molecule has 3 aromatic carbocycles. The van der Waals surface area contributed by atoms with Crippen LogP contribution in [-0.4, -0.2) is 28.3 Å². The van der Waals surface area contributed by atoms with Crippen LogP contribution in [0, 0.1) is 0 Å². The lowest BCUT2D eigenvalue weighted by atomic mass is 10.1. The van der Waals surface area contributed by atoms with Crippen molar-refractivity contribution in [1.29, 1.82) is 0 Å². The molecule has 10 heteroatoms. The van der Waals surface area contributed by atoms with E-state index in [1.54, 1.807) is 36.4 Å². The number of nitrogens with one attached hydrogen (secondary N) is 2. The fraction of sp³-hybridized carbons (Fsp3) is 0. The maximum absolute atomic E-state index is 12.6. The number of aromatic hydroxyl groups is 1. The molecule has 0 saturated carbocycles. The lowest BCUT2D eigenvalue weighted by molar-refractivity contribution is -0.110. The van der Waals surface area contributed by atoms with E-state index in [4.69, 9.17) is 9.94 Å². The minimum absolute atomic E-state index is 0.0424. The molecule has 31 heavy (non-hydrogen) atoms. The summed E-state index contributed by atoms with van der Waals surface area (Å²) in [5, 5.41) is 26.4. The van der Waals surface area contributed by atoms with Crippen molar-refractivity contribution in [1.82, 2.24) is 0 Å². The van der Waals surface area contributed by atoms with Crippen LogP contribution in [0.1, 0.15) is 10.4 Å².